The largest absolute Gasteiger partial charge is 0.383 e. The van der Waals surface area contributed by atoms with E-state index in [0.29, 0.717) is 12.6 Å². The van der Waals surface area contributed by atoms with Crippen molar-refractivity contribution in [3.05, 3.63) is 0 Å². The SMILES string of the molecule is CC(C)N(C)CC(=O)C(C)(C)O. The molecular weight excluding hydrogens is 154 g/mol. The number of likely N-dealkylation sites (N-methyl/N-ethyl adjacent to an activating group) is 1. The first kappa shape index (κ1) is 11.6. The topological polar surface area (TPSA) is 40.5 Å². The Balaban J connectivity index is 4.02. The highest BCUT2D eigenvalue weighted by Gasteiger charge is 2.24. The molecule has 0 bridgehead atoms. The molecule has 0 fully saturated rings. The number of aliphatic hydroxyl groups is 1. The summed E-state index contributed by atoms with van der Waals surface area (Å²) < 4.78 is 0. The maximum atomic E-state index is 11.3. The van der Waals surface area contributed by atoms with E-state index in [1.54, 1.807) is 0 Å². The van der Waals surface area contributed by atoms with Crippen molar-refractivity contribution in [2.24, 2.45) is 0 Å². The molecule has 12 heavy (non-hydrogen) atoms. The molecule has 0 aliphatic heterocycles. The molecule has 0 unspecified atom stereocenters. The molecule has 0 aromatic carbocycles. The summed E-state index contributed by atoms with van der Waals surface area (Å²) in [5.41, 5.74) is -1.21. The minimum absolute atomic E-state index is 0.140. The van der Waals surface area contributed by atoms with Crippen molar-refractivity contribution < 1.29 is 9.90 Å². The fourth-order valence-electron chi connectivity index (χ4n) is 0.603. The van der Waals surface area contributed by atoms with Gasteiger partial charge in [-0.05, 0) is 34.7 Å². The summed E-state index contributed by atoms with van der Waals surface area (Å²) in [5, 5.41) is 9.34. The van der Waals surface area contributed by atoms with Crippen LogP contribution in [0.5, 0.6) is 0 Å². The van der Waals surface area contributed by atoms with Crippen LogP contribution in [0.1, 0.15) is 27.7 Å². The first-order valence-corrected chi connectivity index (χ1v) is 4.21. The van der Waals surface area contributed by atoms with E-state index in [-0.39, 0.29) is 5.78 Å². The van der Waals surface area contributed by atoms with Gasteiger partial charge in [0, 0.05) is 6.04 Å². The van der Waals surface area contributed by atoms with Gasteiger partial charge in [-0.15, -0.1) is 0 Å². The predicted octanol–water partition coefficient (Wildman–Crippen LogP) is 0.667. The van der Waals surface area contributed by atoms with Crippen molar-refractivity contribution in [1.82, 2.24) is 4.90 Å². The van der Waals surface area contributed by atoms with Gasteiger partial charge in [-0.2, -0.15) is 0 Å². The van der Waals surface area contributed by atoms with Crippen LogP contribution < -0.4 is 0 Å². The van der Waals surface area contributed by atoms with Crippen molar-refractivity contribution in [3.8, 4) is 0 Å². The van der Waals surface area contributed by atoms with Gasteiger partial charge in [0.25, 0.3) is 0 Å². The fraction of sp³-hybridized carbons (Fsp3) is 0.889. The molecule has 0 aliphatic carbocycles. The van der Waals surface area contributed by atoms with Gasteiger partial charge in [-0.3, -0.25) is 9.69 Å². The molecule has 0 radical (unpaired) electrons. The molecule has 0 aromatic heterocycles. The van der Waals surface area contributed by atoms with Crippen LogP contribution >= 0.6 is 0 Å². The van der Waals surface area contributed by atoms with Gasteiger partial charge >= 0.3 is 0 Å². The monoisotopic (exact) mass is 173 g/mol. The first-order valence-electron chi connectivity index (χ1n) is 4.21. The molecule has 0 saturated heterocycles. The van der Waals surface area contributed by atoms with Gasteiger partial charge in [0.1, 0.15) is 5.60 Å². The molecule has 0 spiro atoms. The highest BCUT2D eigenvalue weighted by Crippen LogP contribution is 2.04. The van der Waals surface area contributed by atoms with Crippen molar-refractivity contribution >= 4 is 5.78 Å². The molecule has 0 atom stereocenters. The van der Waals surface area contributed by atoms with E-state index in [2.05, 4.69) is 0 Å². The number of hydrogen-bond donors (Lipinski definition) is 1. The minimum Gasteiger partial charge on any atom is -0.383 e. The maximum absolute atomic E-state index is 11.3. The van der Waals surface area contributed by atoms with Gasteiger partial charge in [0.05, 0.1) is 6.54 Å². The van der Waals surface area contributed by atoms with Crippen LogP contribution in [0.2, 0.25) is 0 Å². The summed E-state index contributed by atoms with van der Waals surface area (Å²) in [6.07, 6.45) is 0. The van der Waals surface area contributed by atoms with E-state index in [1.165, 1.54) is 13.8 Å². The summed E-state index contributed by atoms with van der Waals surface area (Å²) in [6, 6.07) is 0.330. The number of carbonyl (C=O) groups is 1. The highest BCUT2D eigenvalue weighted by atomic mass is 16.3. The number of rotatable bonds is 4. The Kier molecular flexibility index (Phi) is 3.87. The lowest BCUT2D eigenvalue weighted by Gasteiger charge is -2.24. The number of hydrogen-bond acceptors (Lipinski definition) is 3. The normalized spacial score (nSPS) is 12.7. The molecule has 0 aromatic rings. The van der Waals surface area contributed by atoms with Crippen molar-refractivity contribution in [1.29, 1.82) is 0 Å². The van der Waals surface area contributed by atoms with Crippen molar-refractivity contribution in [2.45, 2.75) is 39.3 Å². The van der Waals surface area contributed by atoms with Crippen LogP contribution in [0.15, 0.2) is 0 Å². The van der Waals surface area contributed by atoms with Crippen molar-refractivity contribution in [2.75, 3.05) is 13.6 Å². The second-order valence-electron chi connectivity index (χ2n) is 3.99. The Morgan fingerprint density at radius 3 is 2.17 bits per heavy atom. The standard InChI is InChI=1S/C9H19NO2/c1-7(2)10(5)6-8(11)9(3,4)12/h7,12H,6H2,1-5H3. The zero-order chi connectivity index (χ0) is 9.94. The van der Waals surface area contributed by atoms with Gasteiger partial charge < -0.3 is 5.11 Å². The van der Waals surface area contributed by atoms with Crippen LogP contribution in [0, 0.1) is 0 Å². The summed E-state index contributed by atoms with van der Waals surface area (Å²) in [7, 11) is 1.87. The van der Waals surface area contributed by atoms with Gasteiger partial charge in [0.15, 0.2) is 5.78 Å². The third kappa shape index (κ3) is 3.83. The lowest BCUT2D eigenvalue weighted by molar-refractivity contribution is -0.135. The second-order valence-corrected chi connectivity index (χ2v) is 3.99. The van der Waals surface area contributed by atoms with E-state index in [0.717, 1.165) is 0 Å². The summed E-state index contributed by atoms with van der Waals surface area (Å²) >= 11 is 0. The molecule has 72 valence electrons. The zero-order valence-electron chi connectivity index (χ0n) is 8.59. The van der Waals surface area contributed by atoms with E-state index < -0.39 is 5.60 Å². The van der Waals surface area contributed by atoms with Gasteiger partial charge in [0.2, 0.25) is 0 Å². The van der Waals surface area contributed by atoms with E-state index >= 15 is 0 Å². The summed E-state index contributed by atoms with van der Waals surface area (Å²) in [5.74, 6) is -0.140. The Morgan fingerprint density at radius 1 is 1.50 bits per heavy atom. The smallest absolute Gasteiger partial charge is 0.177 e. The molecular formula is C9H19NO2. The molecule has 0 amide bonds. The van der Waals surface area contributed by atoms with E-state index in [9.17, 15) is 9.90 Å². The lowest BCUT2D eigenvalue weighted by atomic mass is 10.0. The van der Waals surface area contributed by atoms with Crippen molar-refractivity contribution in [3.63, 3.8) is 0 Å². The molecule has 3 nitrogen and oxygen atoms in total. The zero-order valence-corrected chi connectivity index (χ0v) is 8.59. The average molecular weight is 173 g/mol. The third-order valence-corrected chi connectivity index (χ3v) is 1.96. The average Bonchev–Trinajstić information content (AvgIpc) is 1.85. The van der Waals surface area contributed by atoms with Crippen LogP contribution in [0.4, 0.5) is 0 Å². The van der Waals surface area contributed by atoms with E-state index in [4.69, 9.17) is 0 Å². The minimum atomic E-state index is -1.21. The number of carbonyl (C=O) groups excluding carboxylic acids is 1. The highest BCUT2D eigenvalue weighted by molar-refractivity contribution is 5.87. The molecule has 0 heterocycles. The number of Topliss-reactive ketones (excluding diaryl/α,β-unsaturated/α-hetero) is 1. The maximum Gasteiger partial charge on any atom is 0.177 e. The predicted molar refractivity (Wildman–Crippen MR) is 49.1 cm³/mol. The van der Waals surface area contributed by atoms with E-state index in [1.807, 2.05) is 25.8 Å². The third-order valence-electron chi connectivity index (χ3n) is 1.96. The summed E-state index contributed by atoms with van der Waals surface area (Å²) in [4.78, 5) is 13.2. The Hall–Kier alpha value is -0.410. The number of nitrogens with zero attached hydrogens (tertiary/aromatic N) is 1. The fourth-order valence-corrected chi connectivity index (χ4v) is 0.603. The van der Waals surface area contributed by atoms with Crippen LogP contribution in [0.3, 0.4) is 0 Å². The van der Waals surface area contributed by atoms with Crippen LogP contribution in [0.25, 0.3) is 0 Å². The molecule has 0 aliphatic rings. The molecule has 0 rings (SSSR count). The molecule has 0 saturated carbocycles. The Labute approximate surface area is 74.4 Å². The van der Waals surface area contributed by atoms with Gasteiger partial charge in [-0.1, -0.05) is 0 Å². The second kappa shape index (κ2) is 4.01. The van der Waals surface area contributed by atoms with Crippen LogP contribution in [-0.2, 0) is 4.79 Å². The molecule has 3 heteroatoms. The van der Waals surface area contributed by atoms with Gasteiger partial charge in [-0.25, -0.2) is 0 Å². The molecule has 1 N–H and O–H groups in total. The Bertz CT molecular complexity index is 158. The first-order chi connectivity index (χ1) is 5.25. The summed E-state index contributed by atoms with van der Waals surface area (Å²) in [6.45, 7) is 7.36. The number of ketones is 1. The lowest BCUT2D eigenvalue weighted by Crippen LogP contribution is -2.41. The quantitative estimate of drug-likeness (QED) is 0.679. The van der Waals surface area contributed by atoms with Crippen LogP contribution in [-0.4, -0.2) is 41.0 Å². The Morgan fingerprint density at radius 2 is 1.92 bits per heavy atom.